The Balaban J connectivity index is 1.85. The van der Waals surface area contributed by atoms with Crippen LogP contribution < -0.4 is 15.8 Å². The molecule has 0 saturated carbocycles. The number of nitrogens with one attached hydrogen (secondary N) is 2. The van der Waals surface area contributed by atoms with Gasteiger partial charge in [-0.3, -0.25) is 14.7 Å². The maximum atomic E-state index is 11.8. The van der Waals surface area contributed by atoms with Crippen molar-refractivity contribution >= 4 is 17.6 Å². The summed E-state index contributed by atoms with van der Waals surface area (Å²) in [4.78, 5) is 22.7. The molecule has 0 bridgehead atoms. The van der Waals surface area contributed by atoms with Gasteiger partial charge < -0.3 is 15.8 Å². The summed E-state index contributed by atoms with van der Waals surface area (Å²) in [5.41, 5.74) is 6.47. The number of hydrogen-bond donors (Lipinski definition) is 3. The first-order valence-electron chi connectivity index (χ1n) is 6.83. The Labute approximate surface area is 127 Å². The zero-order chi connectivity index (χ0) is 16.1. The van der Waals surface area contributed by atoms with Crippen LogP contribution in [0.25, 0.3) is 0 Å². The van der Waals surface area contributed by atoms with Crippen molar-refractivity contribution in [1.29, 1.82) is 0 Å². The molecule has 0 fully saturated rings. The molecule has 0 aliphatic rings. The lowest BCUT2D eigenvalue weighted by Gasteiger charge is -2.06. The van der Waals surface area contributed by atoms with E-state index in [9.17, 15) is 9.59 Å². The number of benzene rings is 1. The second-order valence-electron chi connectivity index (χ2n) is 5.09. The van der Waals surface area contributed by atoms with Crippen molar-refractivity contribution in [3.05, 3.63) is 41.6 Å². The van der Waals surface area contributed by atoms with Gasteiger partial charge in [-0.25, -0.2) is 0 Å². The van der Waals surface area contributed by atoms with Crippen LogP contribution in [-0.2, 0) is 4.79 Å². The fraction of sp³-hybridized carbons (Fsp3) is 0.267. The van der Waals surface area contributed by atoms with Crippen LogP contribution in [-0.4, -0.2) is 28.6 Å². The predicted molar refractivity (Wildman–Crippen MR) is 81.8 cm³/mol. The van der Waals surface area contributed by atoms with Gasteiger partial charge in [0, 0.05) is 17.3 Å². The molecule has 0 aliphatic heterocycles. The van der Waals surface area contributed by atoms with Crippen LogP contribution in [0.1, 0.15) is 35.8 Å². The maximum Gasteiger partial charge on any atom is 0.263 e. The summed E-state index contributed by atoms with van der Waals surface area (Å²) >= 11 is 0. The van der Waals surface area contributed by atoms with Crippen molar-refractivity contribution < 1.29 is 14.3 Å². The van der Waals surface area contributed by atoms with E-state index in [1.54, 1.807) is 18.2 Å². The van der Waals surface area contributed by atoms with E-state index in [0.717, 1.165) is 5.69 Å². The van der Waals surface area contributed by atoms with Gasteiger partial charge in [0.2, 0.25) is 5.91 Å². The summed E-state index contributed by atoms with van der Waals surface area (Å²) in [6.45, 7) is 3.90. The van der Waals surface area contributed by atoms with Crippen molar-refractivity contribution in [2.45, 2.75) is 19.8 Å². The van der Waals surface area contributed by atoms with Crippen LogP contribution in [0.15, 0.2) is 30.3 Å². The average Bonchev–Trinajstić information content (AvgIpc) is 2.94. The normalized spacial score (nSPS) is 10.5. The third-order valence-electron chi connectivity index (χ3n) is 3.00. The smallest absolute Gasteiger partial charge is 0.263 e. The minimum absolute atomic E-state index is 0.153. The number of carbonyl (C=O) groups is 2. The van der Waals surface area contributed by atoms with E-state index in [-0.39, 0.29) is 12.5 Å². The molecular formula is C15H18N4O3. The number of amides is 2. The number of rotatable bonds is 6. The molecule has 2 amide bonds. The van der Waals surface area contributed by atoms with E-state index in [4.69, 9.17) is 10.5 Å². The zero-order valence-corrected chi connectivity index (χ0v) is 12.4. The third kappa shape index (κ3) is 4.08. The molecule has 1 aromatic heterocycles. The van der Waals surface area contributed by atoms with Crippen LogP contribution in [0.4, 0.5) is 5.82 Å². The first-order chi connectivity index (χ1) is 10.5. The van der Waals surface area contributed by atoms with Crippen LogP contribution >= 0.6 is 0 Å². The minimum atomic E-state index is -0.510. The first kappa shape index (κ1) is 15.6. The highest BCUT2D eigenvalue weighted by atomic mass is 16.5. The summed E-state index contributed by atoms with van der Waals surface area (Å²) < 4.78 is 5.33. The number of primary amides is 1. The van der Waals surface area contributed by atoms with E-state index in [2.05, 4.69) is 15.5 Å². The quantitative estimate of drug-likeness (QED) is 0.753. The molecule has 7 heteroatoms. The molecule has 116 valence electrons. The van der Waals surface area contributed by atoms with Crippen molar-refractivity contribution in [1.82, 2.24) is 10.2 Å². The molecule has 22 heavy (non-hydrogen) atoms. The number of nitrogens with zero attached hydrogens (tertiary/aromatic N) is 1. The van der Waals surface area contributed by atoms with E-state index in [1.165, 1.54) is 12.1 Å². The Kier molecular flexibility index (Phi) is 4.77. The van der Waals surface area contributed by atoms with Gasteiger partial charge in [0.15, 0.2) is 12.4 Å². The van der Waals surface area contributed by atoms with Crippen LogP contribution in [0, 0.1) is 0 Å². The van der Waals surface area contributed by atoms with E-state index < -0.39 is 5.91 Å². The number of nitrogens with two attached hydrogens (primary N) is 1. The molecule has 2 rings (SSSR count). The monoisotopic (exact) mass is 302 g/mol. The molecule has 7 nitrogen and oxygen atoms in total. The lowest BCUT2D eigenvalue weighted by Crippen LogP contribution is -2.20. The third-order valence-corrected chi connectivity index (χ3v) is 3.00. The first-order valence-corrected chi connectivity index (χ1v) is 6.83. The minimum Gasteiger partial charge on any atom is -0.484 e. The summed E-state index contributed by atoms with van der Waals surface area (Å²) in [5, 5.41) is 9.49. The molecule has 0 aliphatic carbocycles. The number of ether oxygens (including phenoxy) is 1. The second-order valence-corrected chi connectivity index (χ2v) is 5.09. The van der Waals surface area contributed by atoms with Gasteiger partial charge in [-0.1, -0.05) is 13.8 Å². The number of H-pyrrole nitrogens is 1. The van der Waals surface area contributed by atoms with Gasteiger partial charge in [-0.05, 0) is 30.2 Å². The Hall–Kier alpha value is -2.83. The molecular weight excluding hydrogens is 284 g/mol. The molecule has 0 spiro atoms. The number of carbonyl (C=O) groups excluding carboxylic acids is 2. The fourth-order valence-corrected chi connectivity index (χ4v) is 1.74. The standard InChI is InChI=1S/C15H18N4O3/c1-9(2)12-7-13(19-18-12)17-14(20)8-22-11-5-3-10(4-6-11)15(16)21/h3-7,9H,8H2,1-2H3,(H2,16,21)(H2,17,18,19,20). The molecule has 0 unspecified atom stereocenters. The van der Waals surface area contributed by atoms with Gasteiger partial charge in [0.05, 0.1) is 0 Å². The van der Waals surface area contributed by atoms with E-state index >= 15 is 0 Å². The van der Waals surface area contributed by atoms with Gasteiger partial charge in [0.1, 0.15) is 5.75 Å². The highest BCUT2D eigenvalue weighted by Crippen LogP contribution is 2.15. The average molecular weight is 302 g/mol. The van der Waals surface area contributed by atoms with Crippen molar-refractivity contribution in [2.24, 2.45) is 5.73 Å². The topological polar surface area (TPSA) is 110 Å². The lowest BCUT2D eigenvalue weighted by atomic mass is 10.1. The van der Waals surface area contributed by atoms with E-state index in [1.807, 2.05) is 13.8 Å². The van der Waals surface area contributed by atoms with Gasteiger partial charge >= 0.3 is 0 Å². The molecule has 1 heterocycles. The van der Waals surface area contributed by atoms with Crippen LogP contribution in [0.3, 0.4) is 0 Å². The Bertz CT molecular complexity index is 662. The number of hydrogen-bond acceptors (Lipinski definition) is 4. The Morgan fingerprint density at radius 3 is 2.55 bits per heavy atom. The largest absolute Gasteiger partial charge is 0.484 e. The molecule has 1 aromatic carbocycles. The number of aromatic nitrogens is 2. The predicted octanol–water partition coefficient (Wildman–Crippen LogP) is 1.65. The Morgan fingerprint density at radius 1 is 1.32 bits per heavy atom. The summed E-state index contributed by atoms with van der Waals surface area (Å²) in [5.74, 6) is 0.411. The molecule has 0 atom stereocenters. The van der Waals surface area contributed by atoms with Gasteiger partial charge in [-0.15, -0.1) is 0 Å². The summed E-state index contributed by atoms with van der Waals surface area (Å²) in [6, 6.07) is 8.03. The van der Waals surface area contributed by atoms with Crippen LogP contribution in [0.5, 0.6) is 5.75 Å². The van der Waals surface area contributed by atoms with Gasteiger partial charge in [0.25, 0.3) is 5.91 Å². The molecule has 0 radical (unpaired) electrons. The molecule has 0 saturated heterocycles. The van der Waals surface area contributed by atoms with Crippen molar-refractivity contribution in [3.8, 4) is 5.75 Å². The summed E-state index contributed by atoms with van der Waals surface area (Å²) in [6.07, 6.45) is 0. The maximum absolute atomic E-state index is 11.8. The van der Waals surface area contributed by atoms with E-state index in [0.29, 0.717) is 23.0 Å². The highest BCUT2D eigenvalue weighted by molar-refractivity contribution is 5.93. The zero-order valence-electron chi connectivity index (χ0n) is 12.4. The van der Waals surface area contributed by atoms with Gasteiger partial charge in [-0.2, -0.15) is 5.10 Å². The second kappa shape index (κ2) is 6.75. The summed E-state index contributed by atoms with van der Waals surface area (Å²) in [7, 11) is 0. The SMILES string of the molecule is CC(C)c1cc(NC(=O)COc2ccc(C(N)=O)cc2)n[nH]1. The fourth-order valence-electron chi connectivity index (χ4n) is 1.74. The van der Waals surface area contributed by atoms with Crippen molar-refractivity contribution in [2.75, 3.05) is 11.9 Å². The molecule has 2 aromatic rings. The highest BCUT2D eigenvalue weighted by Gasteiger charge is 2.09. The number of anilines is 1. The Morgan fingerprint density at radius 2 is 2.00 bits per heavy atom. The number of aromatic amines is 1. The molecule has 4 N–H and O–H groups in total. The lowest BCUT2D eigenvalue weighted by molar-refractivity contribution is -0.118. The van der Waals surface area contributed by atoms with Crippen molar-refractivity contribution in [3.63, 3.8) is 0 Å². The van der Waals surface area contributed by atoms with Crippen LogP contribution in [0.2, 0.25) is 0 Å².